The number of hydrogen-bond acceptors (Lipinski definition) is 4. The molecule has 0 spiro atoms. The number of imide groups is 1. The number of carbonyl (C=O) groups is 2. The van der Waals surface area contributed by atoms with Crippen molar-refractivity contribution >= 4 is 11.8 Å². The van der Waals surface area contributed by atoms with Crippen LogP contribution in [0.4, 0.5) is 8.78 Å². The molecule has 0 fully saturated rings. The molecule has 6 nitrogen and oxygen atoms in total. The van der Waals surface area contributed by atoms with Gasteiger partial charge in [0, 0.05) is 11.6 Å². The Labute approximate surface area is 134 Å². The fraction of sp³-hybridized carbons (Fsp3) is 0. The summed E-state index contributed by atoms with van der Waals surface area (Å²) in [5.74, 6) is -3.34. The number of halogens is 2. The van der Waals surface area contributed by atoms with E-state index in [0.717, 1.165) is 23.1 Å². The molecule has 3 rings (SSSR count). The van der Waals surface area contributed by atoms with E-state index in [-0.39, 0.29) is 11.5 Å². The van der Waals surface area contributed by atoms with Crippen molar-refractivity contribution in [2.24, 2.45) is 0 Å². The SMILES string of the molecule is O=C(NC(=O)c1ncn(-c2ccc(F)cc2F)n1)c1ccccc1. The van der Waals surface area contributed by atoms with Gasteiger partial charge < -0.3 is 0 Å². The van der Waals surface area contributed by atoms with Gasteiger partial charge in [-0.2, -0.15) is 0 Å². The van der Waals surface area contributed by atoms with E-state index in [1.807, 2.05) is 0 Å². The minimum absolute atomic E-state index is 0.0719. The van der Waals surface area contributed by atoms with Gasteiger partial charge in [0.15, 0.2) is 5.82 Å². The van der Waals surface area contributed by atoms with E-state index in [2.05, 4.69) is 15.4 Å². The minimum atomic E-state index is -0.854. The van der Waals surface area contributed by atoms with Gasteiger partial charge in [-0.15, -0.1) is 5.10 Å². The molecule has 0 radical (unpaired) electrons. The molecule has 1 aromatic heterocycles. The van der Waals surface area contributed by atoms with Crippen molar-refractivity contribution in [2.45, 2.75) is 0 Å². The molecule has 0 unspecified atom stereocenters. The van der Waals surface area contributed by atoms with Gasteiger partial charge in [0.25, 0.3) is 11.8 Å². The zero-order chi connectivity index (χ0) is 17.1. The normalized spacial score (nSPS) is 10.4. The Balaban J connectivity index is 1.78. The summed E-state index contributed by atoms with van der Waals surface area (Å²) in [7, 11) is 0. The monoisotopic (exact) mass is 328 g/mol. The number of rotatable bonds is 3. The maximum Gasteiger partial charge on any atom is 0.297 e. The average molecular weight is 328 g/mol. The Kier molecular flexibility index (Phi) is 4.11. The zero-order valence-electron chi connectivity index (χ0n) is 12.1. The van der Waals surface area contributed by atoms with Crippen molar-refractivity contribution in [1.29, 1.82) is 0 Å². The predicted octanol–water partition coefficient (Wildman–Crippen LogP) is 2.12. The molecule has 1 heterocycles. The van der Waals surface area contributed by atoms with Gasteiger partial charge in [-0.1, -0.05) is 18.2 Å². The standard InChI is InChI=1S/C16H10F2N4O2/c17-11-6-7-13(12(18)8-11)22-9-19-14(21-22)16(24)20-15(23)10-4-2-1-3-5-10/h1-9H,(H,20,23,24). The van der Waals surface area contributed by atoms with Gasteiger partial charge in [0.2, 0.25) is 5.82 Å². The molecular weight excluding hydrogens is 318 g/mol. The smallest absolute Gasteiger partial charge is 0.285 e. The van der Waals surface area contributed by atoms with Crippen LogP contribution in [0.3, 0.4) is 0 Å². The van der Waals surface area contributed by atoms with Crippen LogP contribution >= 0.6 is 0 Å². The second-order valence-electron chi connectivity index (χ2n) is 4.76. The third-order valence-corrected chi connectivity index (χ3v) is 3.11. The second kappa shape index (κ2) is 6.37. The molecule has 0 aliphatic rings. The molecule has 24 heavy (non-hydrogen) atoms. The topological polar surface area (TPSA) is 76.9 Å². The number of nitrogens with one attached hydrogen (secondary N) is 1. The molecule has 1 N–H and O–H groups in total. The van der Waals surface area contributed by atoms with Crippen LogP contribution in [-0.4, -0.2) is 26.6 Å². The number of carbonyl (C=O) groups excluding carboxylic acids is 2. The first-order valence-corrected chi connectivity index (χ1v) is 6.82. The molecule has 8 heteroatoms. The molecule has 0 bridgehead atoms. The molecule has 0 aliphatic carbocycles. The van der Waals surface area contributed by atoms with Crippen molar-refractivity contribution in [3.63, 3.8) is 0 Å². The van der Waals surface area contributed by atoms with E-state index in [1.165, 1.54) is 0 Å². The van der Waals surface area contributed by atoms with Crippen LogP contribution in [0.2, 0.25) is 0 Å². The summed E-state index contributed by atoms with van der Waals surface area (Å²) in [5.41, 5.74) is 0.229. The summed E-state index contributed by atoms with van der Waals surface area (Å²) in [6.45, 7) is 0. The fourth-order valence-corrected chi connectivity index (χ4v) is 1.97. The van der Waals surface area contributed by atoms with Crippen LogP contribution in [0.5, 0.6) is 0 Å². The van der Waals surface area contributed by atoms with E-state index in [0.29, 0.717) is 11.6 Å². The van der Waals surface area contributed by atoms with E-state index < -0.39 is 23.4 Å². The van der Waals surface area contributed by atoms with Crippen LogP contribution < -0.4 is 5.32 Å². The first kappa shape index (κ1) is 15.5. The van der Waals surface area contributed by atoms with Crippen LogP contribution in [0.15, 0.2) is 54.9 Å². The quantitative estimate of drug-likeness (QED) is 0.747. The van der Waals surface area contributed by atoms with Gasteiger partial charge in [-0.25, -0.2) is 18.4 Å². The number of hydrogen-bond donors (Lipinski definition) is 1. The van der Waals surface area contributed by atoms with Crippen LogP contribution in [-0.2, 0) is 0 Å². The second-order valence-corrected chi connectivity index (χ2v) is 4.76. The maximum atomic E-state index is 13.7. The minimum Gasteiger partial charge on any atom is -0.285 e. The average Bonchev–Trinajstić information content (AvgIpc) is 3.05. The van der Waals surface area contributed by atoms with E-state index in [4.69, 9.17) is 0 Å². The number of aromatic nitrogens is 3. The van der Waals surface area contributed by atoms with Crippen molar-refractivity contribution < 1.29 is 18.4 Å². The van der Waals surface area contributed by atoms with E-state index >= 15 is 0 Å². The summed E-state index contributed by atoms with van der Waals surface area (Å²) < 4.78 is 27.6. The molecule has 120 valence electrons. The van der Waals surface area contributed by atoms with Crippen molar-refractivity contribution in [1.82, 2.24) is 20.1 Å². The number of benzene rings is 2. The molecule has 0 aliphatic heterocycles. The third-order valence-electron chi connectivity index (χ3n) is 3.11. The Morgan fingerprint density at radius 1 is 1.00 bits per heavy atom. The lowest BCUT2D eigenvalue weighted by Gasteiger charge is -2.02. The van der Waals surface area contributed by atoms with Crippen molar-refractivity contribution in [3.8, 4) is 5.69 Å². The highest BCUT2D eigenvalue weighted by Gasteiger charge is 2.17. The first-order valence-electron chi connectivity index (χ1n) is 6.82. The molecule has 2 aromatic carbocycles. The highest BCUT2D eigenvalue weighted by Crippen LogP contribution is 2.13. The highest BCUT2D eigenvalue weighted by molar-refractivity contribution is 6.08. The van der Waals surface area contributed by atoms with Gasteiger partial charge in [0.1, 0.15) is 17.8 Å². The summed E-state index contributed by atoms with van der Waals surface area (Å²) in [5, 5.41) is 5.93. The summed E-state index contributed by atoms with van der Waals surface area (Å²) in [6, 6.07) is 11.0. The summed E-state index contributed by atoms with van der Waals surface area (Å²) >= 11 is 0. The van der Waals surface area contributed by atoms with Gasteiger partial charge in [0.05, 0.1) is 0 Å². The van der Waals surface area contributed by atoms with Crippen molar-refractivity contribution in [2.75, 3.05) is 0 Å². The van der Waals surface area contributed by atoms with E-state index in [1.54, 1.807) is 30.3 Å². The summed E-state index contributed by atoms with van der Waals surface area (Å²) in [4.78, 5) is 27.6. The third kappa shape index (κ3) is 3.17. The number of nitrogens with zero attached hydrogens (tertiary/aromatic N) is 3. The molecule has 3 aromatic rings. The molecule has 0 saturated heterocycles. The van der Waals surface area contributed by atoms with E-state index in [9.17, 15) is 18.4 Å². The molecular formula is C16H10F2N4O2. The highest BCUT2D eigenvalue weighted by atomic mass is 19.1. The van der Waals surface area contributed by atoms with Crippen LogP contribution in [0, 0.1) is 11.6 Å². The molecule has 2 amide bonds. The largest absolute Gasteiger partial charge is 0.297 e. The zero-order valence-corrected chi connectivity index (χ0v) is 12.1. The lowest BCUT2D eigenvalue weighted by Crippen LogP contribution is -2.31. The molecule has 0 atom stereocenters. The molecule has 0 saturated carbocycles. The van der Waals surface area contributed by atoms with Gasteiger partial charge in [-0.05, 0) is 24.3 Å². The van der Waals surface area contributed by atoms with Gasteiger partial charge in [-0.3, -0.25) is 14.9 Å². The van der Waals surface area contributed by atoms with Crippen LogP contribution in [0.25, 0.3) is 5.69 Å². The summed E-state index contributed by atoms with van der Waals surface area (Å²) in [6.07, 6.45) is 1.10. The Bertz CT molecular complexity index is 909. The predicted molar refractivity (Wildman–Crippen MR) is 79.5 cm³/mol. The Morgan fingerprint density at radius 2 is 1.75 bits per heavy atom. The van der Waals surface area contributed by atoms with Crippen LogP contribution in [0.1, 0.15) is 21.0 Å². The van der Waals surface area contributed by atoms with Crippen molar-refractivity contribution in [3.05, 3.63) is 77.9 Å². The number of amides is 2. The van der Waals surface area contributed by atoms with Gasteiger partial charge >= 0.3 is 0 Å². The fourth-order valence-electron chi connectivity index (χ4n) is 1.97. The first-order chi connectivity index (χ1) is 11.5. The lowest BCUT2D eigenvalue weighted by molar-refractivity contribution is 0.0843. The Morgan fingerprint density at radius 3 is 2.46 bits per heavy atom. The maximum absolute atomic E-state index is 13.7. The lowest BCUT2D eigenvalue weighted by atomic mass is 10.2. The Hall–Kier alpha value is -3.42.